The zero-order valence-electron chi connectivity index (χ0n) is 15.5. The summed E-state index contributed by atoms with van der Waals surface area (Å²) in [6.45, 7) is 0.360. The second kappa shape index (κ2) is 10.7. The molecule has 0 aromatic carbocycles. The van der Waals surface area contributed by atoms with Gasteiger partial charge in [-0.15, -0.1) is 0 Å². The fourth-order valence-electron chi connectivity index (χ4n) is 2.35. The number of rotatable bonds is 10. The number of nitrogens with zero attached hydrogens (tertiary/aromatic N) is 2. The van der Waals surface area contributed by atoms with Gasteiger partial charge in [-0.3, -0.25) is 19.2 Å². The first kappa shape index (κ1) is 21.7. The number of nitrogens with one attached hydrogen (secondary N) is 2. The minimum atomic E-state index is -0.650. The van der Waals surface area contributed by atoms with Crippen molar-refractivity contribution in [3.8, 4) is 11.5 Å². The van der Waals surface area contributed by atoms with E-state index in [-0.39, 0.29) is 39.4 Å². The molecule has 0 aliphatic heterocycles. The Bertz CT molecular complexity index is 890. The Morgan fingerprint density at radius 2 is 1.24 bits per heavy atom. The average molecular weight is 406 g/mol. The molecule has 0 bridgehead atoms. The Kier molecular flexibility index (Phi) is 7.98. The van der Waals surface area contributed by atoms with E-state index >= 15 is 0 Å². The topological polar surface area (TPSA) is 152 Å². The van der Waals surface area contributed by atoms with Crippen LogP contribution in [-0.2, 0) is 27.4 Å². The van der Waals surface area contributed by atoms with Crippen LogP contribution in [0.2, 0.25) is 0 Å². The molecule has 0 radical (unpaired) electrons. The second-order valence-electron chi connectivity index (χ2n) is 5.97. The normalized spacial score (nSPS) is 10.5. The van der Waals surface area contributed by atoms with Crippen molar-refractivity contribution < 1.29 is 24.5 Å². The zero-order chi connectivity index (χ0) is 21.2. The van der Waals surface area contributed by atoms with Gasteiger partial charge < -0.3 is 34.7 Å². The Morgan fingerprint density at radius 3 is 1.66 bits per heavy atom. The van der Waals surface area contributed by atoms with Gasteiger partial charge in [0.15, 0.2) is 11.5 Å². The molecule has 2 aromatic rings. The molecule has 0 aliphatic rings. The standard InChI is InChI=1S/C18H22N4O7/c23-13-3-1-7-21(17(13)27)11-15(25)19-5-9-29-10-6-20-16(26)12-22-8-2-4-14(24)18(22)28/h1-4,7-8,23-24H,5-6,9-12H2,(H,19,25)(H,20,26). The van der Waals surface area contributed by atoms with E-state index in [1.807, 2.05) is 0 Å². The number of ether oxygens (including phenoxy) is 1. The Hall–Kier alpha value is -3.60. The fourth-order valence-corrected chi connectivity index (χ4v) is 2.35. The number of pyridine rings is 2. The van der Waals surface area contributed by atoms with Crippen molar-refractivity contribution in [2.24, 2.45) is 0 Å². The van der Waals surface area contributed by atoms with E-state index in [0.717, 1.165) is 9.13 Å². The third-order valence-electron chi connectivity index (χ3n) is 3.77. The van der Waals surface area contributed by atoms with E-state index in [0.29, 0.717) is 0 Å². The Labute approximate surface area is 165 Å². The van der Waals surface area contributed by atoms with Crippen LogP contribution in [0.15, 0.2) is 46.2 Å². The van der Waals surface area contributed by atoms with Crippen LogP contribution in [0.25, 0.3) is 0 Å². The zero-order valence-corrected chi connectivity index (χ0v) is 15.5. The van der Waals surface area contributed by atoms with E-state index in [2.05, 4.69) is 10.6 Å². The molecule has 0 saturated heterocycles. The van der Waals surface area contributed by atoms with E-state index in [1.54, 1.807) is 0 Å². The molecule has 0 atom stereocenters. The monoisotopic (exact) mass is 406 g/mol. The fraction of sp³-hybridized carbons (Fsp3) is 0.333. The number of aromatic nitrogens is 2. The van der Waals surface area contributed by atoms with Crippen LogP contribution in [0.1, 0.15) is 0 Å². The summed E-state index contributed by atoms with van der Waals surface area (Å²) in [4.78, 5) is 46.7. The predicted octanol–water partition coefficient (Wildman–Crippen LogP) is -1.63. The van der Waals surface area contributed by atoms with Crippen LogP contribution >= 0.6 is 0 Å². The van der Waals surface area contributed by atoms with Crippen molar-refractivity contribution in [2.45, 2.75) is 13.1 Å². The highest BCUT2D eigenvalue weighted by Crippen LogP contribution is 1.98. The van der Waals surface area contributed by atoms with E-state index in [1.165, 1.54) is 36.7 Å². The van der Waals surface area contributed by atoms with Crippen LogP contribution in [0.5, 0.6) is 11.5 Å². The summed E-state index contributed by atoms with van der Waals surface area (Å²) in [6.07, 6.45) is 2.79. The number of carbonyl (C=O) groups is 2. The quantitative estimate of drug-likeness (QED) is 0.346. The van der Waals surface area contributed by atoms with Crippen LogP contribution in [0.3, 0.4) is 0 Å². The van der Waals surface area contributed by atoms with Gasteiger partial charge in [0.05, 0.1) is 13.2 Å². The smallest absolute Gasteiger partial charge is 0.293 e. The van der Waals surface area contributed by atoms with Crippen molar-refractivity contribution in [1.82, 2.24) is 19.8 Å². The lowest BCUT2D eigenvalue weighted by Crippen LogP contribution is -2.35. The van der Waals surface area contributed by atoms with Gasteiger partial charge in [0, 0.05) is 25.5 Å². The average Bonchev–Trinajstić information content (AvgIpc) is 2.68. The Balaban J connectivity index is 1.58. The third kappa shape index (κ3) is 6.81. The maximum absolute atomic E-state index is 11.8. The van der Waals surface area contributed by atoms with E-state index in [9.17, 15) is 29.4 Å². The summed E-state index contributed by atoms with van der Waals surface area (Å²) in [5.74, 6) is -1.68. The summed E-state index contributed by atoms with van der Waals surface area (Å²) in [6, 6.07) is 5.40. The maximum Gasteiger partial charge on any atom is 0.293 e. The van der Waals surface area contributed by atoms with Crippen LogP contribution in [0.4, 0.5) is 0 Å². The first-order valence-corrected chi connectivity index (χ1v) is 8.76. The molecule has 2 rings (SSSR count). The molecule has 11 nitrogen and oxygen atoms in total. The van der Waals surface area contributed by atoms with Gasteiger partial charge in [0.2, 0.25) is 11.8 Å². The minimum Gasteiger partial charge on any atom is -0.503 e. The van der Waals surface area contributed by atoms with Crippen molar-refractivity contribution in [1.29, 1.82) is 0 Å². The number of hydrogen-bond acceptors (Lipinski definition) is 7. The molecular formula is C18H22N4O7. The van der Waals surface area contributed by atoms with Crippen LogP contribution in [-0.4, -0.2) is 57.5 Å². The molecule has 2 aromatic heterocycles. The van der Waals surface area contributed by atoms with Crippen LogP contribution in [0, 0.1) is 0 Å². The lowest BCUT2D eigenvalue weighted by Gasteiger charge is -2.09. The lowest BCUT2D eigenvalue weighted by atomic mass is 10.4. The highest BCUT2D eigenvalue weighted by molar-refractivity contribution is 5.76. The van der Waals surface area contributed by atoms with E-state index < -0.39 is 34.4 Å². The SMILES string of the molecule is O=C(Cn1cccc(O)c1=O)NCCOCCNC(=O)Cn1cccc(O)c1=O. The van der Waals surface area contributed by atoms with Gasteiger partial charge in [-0.2, -0.15) is 0 Å². The van der Waals surface area contributed by atoms with Gasteiger partial charge in [-0.1, -0.05) is 0 Å². The first-order valence-electron chi connectivity index (χ1n) is 8.76. The van der Waals surface area contributed by atoms with Crippen molar-refractivity contribution in [3.05, 3.63) is 57.4 Å². The molecule has 0 fully saturated rings. The third-order valence-corrected chi connectivity index (χ3v) is 3.77. The molecular weight excluding hydrogens is 384 g/mol. The molecule has 156 valence electrons. The van der Waals surface area contributed by atoms with Gasteiger partial charge in [0.1, 0.15) is 13.1 Å². The minimum absolute atomic E-state index is 0.197. The van der Waals surface area contributed by atoms with Crippen molar-refractivity contribution in [2.75, 3.05) is 26.3 Å². The van der Waals surface area contributed by atoms with E-state index in [4.69, 9.17) is 4.74 Å². The maximum atomic E-state index is 11.8. The number of carbonyl (C=O) groups excluding carboxylic acids is 2. The van der Waals surface area contributed by atoms with Gasteiger partial charge in [-0.05, 0) is 24.3 Å². The molecule has 0 aliphatic carbocycles. The lowest BCUT2D eigenvalue weighted by molar-refractivity contribution is -0.122. The summed E-state index contributed by atoms with van der Waals surface area (Å²) < 4.78 is 7.44. The molecule has 29 heavy (non-hydrogen) atoms. The highest BCUT2D eigenvalue weighted by Gasteiger charge is 2.07. The largest absolute Gasteiger partial charge is 0.503 e. The molecule has 0 unspecified atom stereocenters. The molecule has 11 heteroatoms. The highest BCUT2D eigenvalue weighted by atomic mass is 16.5. The van der Waals surface area contributed by atoms with Crippen molar-refractivity contribution in [3.63, 3.8) is 0 Å². The van der Waals surface area contributed by atoms with Crippen LogP contribution < -0.4 is 21.8 Å². The molecule has 0 spiro atoms. The Morgan fingerprint density at radius 1 is 0.828 bits per heavy atom. The molecule has 2 heterocycles. The number of amides is 2. The first-order chi connectivity index (χ1) is 13.9. The molecule has 2 amide bonds. The van der Waals surface area contributed by atoms with Gasteiger partial charge in [-0.25, -0.2) is 0 Å². The van der Waals surface area contributed by atoms with Gasteiger partial charge in [0.25, 0.3) is 11.1 Å². The molecule has 0 saturated carbocycles. The predicted molar refractivity (Wildman–Crippen MR) is 102 cm³/mol. The summed E-state index contributed by atoms with van der Waals surface area (Å²) in [7, 11) is 0. The van der Waals surface area contributed by atoms with Crippen molar-refractivity contribution >= 4 is 11.8 Å². The summed E-state index contributed by atoms with van der Waals surface area (Å²) in [5, 5.41) is 23.8. The number of aromatic hydroxyl groups is 2. The summed E-state index contributed by atoms with van der Waals surface area (Å²) in [5.41, 5.74) is -1.30. The second-order valence-corrected chi connectivity index (χ2v) is 5.97. The van der Waals surface area contributed by atoms with Gasteiger partial charge >= 0.3 is 0 Å². The number of hydrogen-bond donors (Lipinski definition) is 4. The summed E-state index contributed by atoms with van der Waals surface area (Å²) >= 11 is 0. The molecule has 4 N–H and O–H groups in total.